The van der Waals surface area contributed by atoms with E-state index in [9.17, 15) is 9.90 Å². The van der Waals surface area contributed by atoms with Crippen LogP contribution in [0.1, 0.15) is 18.1 Å². The van der Waals surface area contributed by atoms with Gasteiger partial charge in [0, 0.05) is 17.5 Å². The molecule has 2 aromatic heterocycles. The average Bonchev–Trinajstić information content (AvgIpc) is 3.11. The largest absolute Gasteiger partial charge is 0.504 e. The van der Waals surface area contributed by atoms with Gasteiger partial charge in [0.05, 0.1) is 23.5 Å². The van der Waals surface area contributed by atoms with Gasteiger partial charge in [0.25, 0.3) is 0 Å². The first kappa shape index (κ1) is 21.3. The van der Waals surface area contributed by atoms with E-state index in [1.54, 1.807) is 35.8 Å². The molecule has 0 aliphatic carbocycles. The number of carbonyl (C=O) groups is 1. The molecule has 4 rings (SSSR count). The summed E-state index contributed by atoms with van der Waals surface area (Å²) < 4.78 is 5.94. The van der Waals surface area contributed by atoms with Gasteiger partial charge in [0.15, 0.2) is 17.3 Å². The fourth-order valence-corrected chi connectivity index (χ4v) is 4.45. The van der Waals surface area contributed by atoms with Crippen LogP contribution in [0.3, 0.4) is 0 Å². The van der Waals surface area contributed by atoms with E-state index >= 15 is 0 Å². The van der Waals surface area contributed by atoms with Crippen molar-refractivity contribution in [1.29, 1.82) is 0 Å². The van der Waals surface area contributed by atoms with Crippen molar-refractivity contribution in [1.82, 2.24) is 9.97 Å². The number of amides is 1. The highest BCUT2D eigenvalue weighted by Gasteiger charge is 2.15. The van der Waals surface area contributed by atoms with Gasteiger partial charge >= 0.3 is 0 Å². The number of nitrogens with zero attached hydrogens (tertiary/aromatic N) is 3. The molecule has 2 heterocycles. The number of aromatic hydroxyl groups is 1. The van der Waals surface area contributed by atoms with E-state index in [1.165, 1.54) is 20.4 Å². The Labute approximate surface area is 188 Å². The number of ether oxygens (including phenoxy) is 1. The molecule has 0 bridgehead atoms. The van der Waals surface area contributed by atoms with Crippen LogP contribution in [-0.4, -0.2) is 34.3 Å². The molecule has 2 aromatic carbocycles. The first-order valence-electron chi connectivity index (χ1n) is 9.74. The van der Waals surface area contributed by atoms with Crippen molar-refractivity contribution in [2.24, 2.45) is 5.10 Å². The summed E-state index contributed by atoms with van der Waals surface area (Å²) in [5.74, 6) is 0.939. The Balaban J connectivity index is 1.60. The van der Waals surface area contributed by atoms with Gasteiger partial charge < -0.3 is 15.2 Å². The van der Waals surface area contributed by atoms with Gasteiger partial charge in [-0.1, -0.05) is 12.1 Å². The maximum Gasteiger partial charge on any atom is 0.221 e. The summed E-state index contributed by atoms with van der Waals surface area (Å²) in [6.07, 6.45) is 3.10. The van der Waals surface area contributed by atoms with E-state index < -0.39 is 0 Å². The van der Waals surface area contributed by atoms with Crippen LogP contribution in [0, 0.1) is 6.92 Å². The van der Waals surface area contributed by atoms with Gasteiger partial charge in [-0.3, -0.25) is 10.2 Å². The summed E-state index contributed by atoms with van der Waals surface area (Å²) in [5, 5.41) is 16.9. The zero-order valence-electron chi connectivity index (χ0n) is 17.7. The smallest absolute Gasteiger partial charge is 0.221 e. The van der Waals surface area contributed by atoms with Crippen LogP contribution in [0.4, 0.5) is 11.5 Å². The number of benzene rings is 2. The van der Waals surface area contributed by atoms with Crippen molar-refractivity contribution in [3.8, 4) is 21.9 Å². The van der Waals surface area contributed by atoms with E-state index in [0.29, 0.717) is 17.1 Å². The molecule has 162 valence electrons. The van der Waals surface area contributed by atoms with Gasteiger partial charge in [-0.25, -0.2) is 9.97 Å². The molecule has 0 radical (unpaired) electrons. The molecule has 0 aliphatic heterocycles. The van der Waals surface area contributed by atoms with Gasteiger partial charge in [-0.15, -0.1) is 11.3 Å². The van der Waals surface area contributed by atoms with Crippen molar-refractivity contribution < 1.29 is 14.6 Å². The lowest BCUT2D eigenvalue weighted by atomic mass is 10.1. The molecule has 1 amide bonds. The predicted octanol–water partition coefficient (Wildman–Crippen LogP) is 4.79. The van der Waals surface area contributed by atoms with Crippen LogP contribution < -0.4 is 15.5 Å². The Kier molecular flexibility index (Phi) is 6.00. The number of rotatable bonds is 6. The van der Waals surface area contributed by atoms with E-state index in [2.05, 4.69) is 25.8 Å². The highest BCUT2D eigenvalue weighted by molar-refractivity contribution is 7.23. The third-order valence-corrected chi connectivity index (χ3v) is 6.10. The molecule has 32 heavy (non-hydrogen) atoms. The molecule has 8 nitrogen and oxygen atoms in total. The number of hydrogen-bond donors (Lipinski definition) is 3. The number of methoxy groups -OCH3 is 1. The number of aromatic nitrogens is 2. The van der Waals surface area contributed by atoms with Gasteiger partial charge in [-0.2, -0.15) is 5.10 Å². The lowest BCUT2D eigenvalue weighted by Crippen LogP contribution is -2.05. The number of hydrazone groups is 1. The summed E-state index contributed by atoms with van der Waals surface area (Å²) in [7, 11) is 1.50. The molecule has 0 spiro atoms. The number of fused-ring (bicyclic) bond motifs is 1. The topological polar surface area (TPSA) is 109 Å². The first-order valence-corrected chi connectivity index (χ1v) is 10.6. The zero-order valence-corrected chi connectivity index (χ0v) is 18.5. The lowest BCUT2D eigenvalue weighted by Gasteiger charge is -2.04. The number of anilines is 2. The van der Waals surface area contributed by atoms with Crippen molar-refractivity contribution in [2.45, 2.75) is 13.8 Å². The number of thiophene rings is 1. The minimum atomic E-state index is -0.104. The fraction of sp³-hybridized carbons (Fsp3) is 0.130. The number of carbonyl (C=O) groups excluding carboxylic acids is 1. The van der Waals surface area contributed by atoms with Crippen LogP contribution in [0.25, 0.3) is 20.7 Å². The second kappa shape index (κ2) is 9.03. The number of hydrogen-bond acceptors (Lipinski definition) is 8. The first-order chi connectivity index (χ1) is 15.5. The molecule has 3 N–H and O–H groups in total. The van der Waals surface area contributed by atoms with Gasteiger partial charge in [0.2, 0.25) is 5.91 Å². The normalized spacial score (nSPS) is 11.1. The Bertz CT molecular complexity index is 1320. The van der Waals surface area contributed by atoms with Crippen molar-refractivity contribution in [3.05, 3.63) is 59.9 Å². The quantitative estimate of drug-likeness (QED) is 0.290. The maximum absolute atomic E-state index is 11.2. The molecular formula is C23H21N5O3S. The van der Waals surface area contributed by atoms with Crippen molar-refractivity contribution in [3.63, 3.8) is 0 Å². The number of aryl methyl sites for hydroxylation is 1. The van der Waals surface area contributed by atoms with E-state index in [1.807, 2.05) is 31.2 Å². The lowest BCUT2D eigenvalue weighted by molar-refractivity contribution is -0.114. The minimum Gasteiger partial charge on any atom is -0.504 e. The second-order valence-corrected chi connectivity index (χ2v) is 8.04. The van der Waals surface area contributed by atoms with E-state index in [4.69, 9.17) is 4.74 Å². The number of phenols is 1. The molecule has 0 aliphatic rings. The standard InChI is InChI=1S/C23H21N5O3S/c1-13-20-22(32-21(13)16-5-7-17(8-6-16)27-14(2)29)23(25-12-24-20)28-26-11-15-4-9-19(31-3)18(30)10-15/h4-12,30H,1-3H3,(H,27,29)(H,24,25,28). The number of nitrogens with one attached hydrogen (secondary N) is 2. The molecule has 9 heteroatoms. The third kappa shape index (κ3) is 4.37. The molecule has 0 unspecified atom stereocenters. The minimum absolute atomic E-state index is 0.0453. The van der Waals surface area contributed by atoms with E-state index in [0.717, 1.165) is 31.9 Å². The highest BCUT2D eigenvalue weighted by Crippen LogP contribution is 2.40. The molecular weight excluding hydrogens is 426 g/mol. The van der Waals surface area contributed by atoms with Crippen LogP contribution in [0.2, 0.25) is 0 Å². The Morgan fingerprint density at radius 1 is 1.19 bits per heavy atom. The third-order valence-electron chi connectivity index (χ3n) is 4.76. The molecule has 0 atom stereocenters. The Morgan fingerprint density at radius 2 is 1.97 bits per heavy atom. The monoisotopic (exact) mass is 447 g/mol. The fourth-order valence-electron chi connectivity index (χ4n) is 3.24. The summed E-state index contributed by atoms with van der Waals surface area (Å²) in [5.41, 5.74) is 7.37. The molecule has 4 aromatic rings. The maximum atomic E-state index is 11.2. The predicted molar refractivity (Wildman–Crippen MR) is 128 cm³/mol. The van der Waals surface area contributed by atoms with Gasteiger partial charge in [-0.05, 0) is 53.9 Å². The SMILES string of the molecule is COc1ccc(C=NNc2ncnc3c(C)c(-c4ccc(NC(C)=O)cc4)sc23)cc1O. The molecule has 0 saturated heterocycles. The van der Waals surface area contributed by atoms with E-state index in [-0.39, 0.29) is 11.7 Å². The molecule has 0 saturated carbocycles. The number of phenolic OH excluding ortho intramolecular Hbond substituents is 1. The summed E-state index contributed by atoms with van der Waals surface area (Å²) in [4.78, 5) is 21.1. The summed E-state index contributed by atoms with van der Waals surface area (Å²) in [6, 6.07) is 12.7. The van der Waals surface area contributed by atoms with Crippen LogP contribution in [-0.2, 0) is 4.79 Å². The average molecular weight is 448 g/mol. The summed E-state index contributed by atoms with van der Waals surface area (Å²) >= 11 is 1.57. The van der Waals surface area contributed by atoms with Gasteiger partial charge in [0.1, 0.15) is 6.33 Å². The Hall–Kier alpha value is -3.98. The van der Waals surface area contributed by atoms with Crippen LogP contribution in [0.15, 0.2) is 53.9 Å². The highest BCUT2D eigenvalue weighted by atomic mass is 32.1. The Morgan fingerprint density at radius 3 is 2.66 bits per heavy atom. The summed E-state index contributed by atoms with van der Waals surface area (Å²) in [6.45, 7) is 3.51. The zero-order chi connectivity index (χ0) is 22.7. The van der Waals surface area contributed by atoms with Crippen molar-refractivity contribution in [2.75, 3.05) is 17.9 Å². The van der Waals surface area contributed by atoms with Crippen LogP contribution >= 0.6 is 11.3 Å². The van der Waals surface area contributed by atoms with Crippen LogP contribution in [0.5, 0.6) is 11.5 Å². The van der Waals surface area contributed by atoms with Crippen molar-refractivity contribution >= 4 is 45.2 Å². The molecule has 0 fully saturated rings. The second-order valence-electron chi connectivity index (χ2n) is 7.02.